The first-order valence-corrected chi connectivity index (χ1v) is 10.5. The molecule has 2 aromatic heterocycles. The van der Waals surface area contributed by atoms with Crippen LogP contribution in [0.25, 0.3) is 28.0 Å². The lowest BCUT2D eigenvalue weighted by atomic mass is 10.1. The third-order valence-corrected chi connectivity index (χ3v) is 5.45. The lowest BCUT2D eigenvalue weighted by Crippen LogP contribution is -2.12. The van der Waals surface area contributed by atoms with E-state index in [2.05, 4.69) is 20.5 Å². The Morgan fingerprint density at radius 3 is 2.57 bits per heavy atom. The highest BCUT2D eigenvalue weighted by molar-refractivity contribution is 6.05. The first-order valence-electron chi connectivity index (χ1n) is 10.5. The van der Waals surface area contributed by atoms with Crippen molar-refractivity contribution in [2.24, 2.45) is 0 Å². The minimum absolute atomic E-state index is 0.0709. The molecule has 0 radical (unpaired) electrons. The van der Waals surface area contributed by atoms with E-state index in [1.807, 2.05) is 30.3 Å². The Bertz CT molecular complexity index is 1520. The molecule has 5 aromatic rings. The summed E-state index contributed by atoms with van der Waals surface area (Å²) in [6.45, 7) is 0. The van der Waals surface area contributed by atoms with Gasteiger partial charge in [0, 0.05) is 17.7 Å². The number of carbonyl (C=O) groups excluding carboxylic acids is 1. The summed E-state index contributed by atoms with van der Waals surface area (Å²) in [6, 6.07) is 19.5. The third kappa shape index (κ3) is 4.45. The minimum atomic E-state index is -4.53. The predicted molar refractivity (Wildman–Crippen MR) is 125 cm³/mol. The number of hydrogen-bond donors (Lipinski definition) is 2. The highest BCUT2D eigenvalue weighted by Gasteiger charge is 2.31. The van der Waals surface area contributed by atoms with Gasteiger partial charge < -0.3 is 10.1 Å². The van der Waals surface area contributed by atoms with Crippen molar-refractivity contribution in [3.63, 3.8) is 0 Å². The number of anilines is 1. The number of rotatable bonds is 5. The van der Waals surface area contributed by atoms with E-state index < -0.39 is 17.6 Å². The van der Waals surface area contributed by atoms with Crippen molar-refractivity contribution >= 4 is 22.8 Å². The molecule has 5 rings (SSSR count). The van der Waals surface area contributed by atoms with Crippen molar-refractivity contribution in [3.8, 4) is 22.7 Å². The monoisotopic (exact) mass is 477 g/mol. The maximum Gasteiger partial charge on any atom is 0.416 e. The molecule has 1 amide bonds. The predicted octanol–water partition coefficient (Wildman–Crippen LogP) is 5.70. The number of ether oxygens (including phenoxy) is 1. The normalized spacial score (nSPS) is 11.5. The Balaban J connectivity index is 1.41. The van der Waals surface area contributed by atoms with Gasteiger partial charge >= 0.3 is 6.18 Å². The zero-order valence-electron chi connectivity index (χ0n) is 18.3. The number of imidazole rings is 1. The van der Waals surface area contributed by atoms with Crippen LogP contribution in [0.4, 0.5) is 19.0 Å². The standard InChI is InChI=1S/C25H18F3N5O2/c1-35-19-11-17(25(26,27)28)10-18(12-19)33-14-29-21-9-16(7-8-22(21)33)24(34)30-23-13-20(31-32-23)15-5-3-2-4-6-15/h2-14H,1H3,(H2,30,31,32,34). The van der Waals surface area contributed by atoms with Gasteiger partial charge in [0.25, 0.3) is 5.91 Å². The van der Waals surface area contributed by atoms with Gasteiger partial charge in [0.1, 0.15) is 12.1 Å². The fourth-order valence-electron chi connectivity index (χ4n) is 3.70. The zero-order valence-corrected chi connectivity index (χ0v) is 18.3. The molecular formula is C25H18F3N5O2. The van der Waals surface area contributed by atoms with E-state index in [9.17, 15) is 18.0 Å². The van der Waals surface area contributed by atoms with Crippen LogP contribution in [0.5, 0.6) is 5.75 Å². The largest absolute Gasteiger partial charge is 0.497 e. The molecule has 35 heavy (non-hydrogen) atoms. The lowest BCUT2D eigenvalue weighted by molar-refractivity contribution is -0.137. The summed E-state index contributed by atoms with van der Waals surface area (Å²) in [6.07, 6.45) is -3.13. The van der Waals surface area contributed by atoms with Crippen LogP contribution in [0.15, 0.2) is 79.1 Å². The lowest BCUT2D eigenvalue weighted by Gasteiger charge is -2.13. The molecule has 0 bridgehead atoms. The molecule has 0 saturated heterocycles. The first-order chi connectivity index (χ1) is 16.8. The number of alkyl halides is 3. The van der Waals surface area contributed by atoms with Gasteiger partial charge in [-0.2, -0.15) is 18.3 Å². The fourth-order valence-corrected chi connectivity index (χ4v) is 3.70. The Morgan fingerprint density at radius 1 is 1.03 bits per heavy atom. The van der Waals surface area contributed by atoms with E-state index in [-0.39, 0.29) is 11.4 Å². The number of benzene rings is 3. The summed E-state index contributed by atoms with van der Waals surface area (Å²) in [7, 11) is 1.30. The number of halogens is 3. The Kier molecular flexibility index (Phi) is 5.48. The van der Waals surface area contributed by atoms with Gasteiger partial charge in [-0.05, 0) is 35.9 Å². The van der Waals surface area contributed by atoms with E-state index in [0.29, 0.717) is 22.4 Å². The summed E-state index contributed by atoms with van der Waals surface area (Å²) in [5.74, 6) is 0.0328. The Hall–Kier alpha value is -4.60. The fraction of sp³-hybridized carbons (Fsp3) is 0.0800. The number of methoxy groups -OCH3 is 1. The number of amides is 1. The zero-order chi connectivity index (χ0) is 24.6. The van der Waals surface area contributed by atoms with Crippen LogP contribution in [-0.2, 0) is 6.18 Å². The molecule has 10 heteroatoms. The molecule has 0 spiro atoms. The SMILES string of the molecule is COc1cc(-n2cnc3cc(C(=O)Nc4cc(-c5ccccc5)[nH]n4)ccc32)cc(C(F)(F)F)c1. The third-order valence-electron chi connectivity index (χ3n) is 5.45. The number of nitrogens with one attached hydrogen (secondary N) is 2. The summed E-state index contributed by atoms with van der Waals surface area (Å²) in [5.41, 5.74) is 2.40. The van der Waals surface area contributed by atoms with Crippen LogP contribution < -0.4 is 10.1 Å². The highest BCUT2D eigenvalue weighted by Crippen LogP contribution is 2.34. The molecule has 0 saturated carbocycles. The van der Waals surface area contributed by atoms with Gasteiger partial charge in [0.2, 0.25) is 0 Å². The molecule has 0 unspecified atom stereocenters. The smallest absolute Gasteiger partial charge is 0.416 e. The molecule has 2 heterocycles. The number of nitrogens with zero attached hydrogens (tertiary/aromatic N) is 3. The second-order valence-corrected chi connectivity index (χ2v) is 7.72. The molecule has 0 aliphatic carbocycles. The minimum Gasteiger partial charge on any atom is -0.497 e. The van der Waals surface area contributed by atoms with Gasteiger partial charge in [-0.15, -0.1) is 0 Å². The van der Waals surface area contributed by atoms with Crippen molar-refractivity contribution in [1.82, 2.24) is 19.7 Å². The molecular weight excluding hydrogens is 459 g/mol. The molecule has 0 aliphatic heterocycles. The van der Waals surface area contributed by atoms with Crippen LogP contribution in [0.3, 0.4) is 0 Å². The van der Waals surface area contributed by atoms with Crippen molar-refractivity contribution in [3.05, 3.63) is 90.3 Å². The van der Waals surface area contributed by atoms with Crippen molar-refractivity contribution in [1.29, 1.82) is 0 Å². The van der Waals surface area contributed by atoms with Gasteiger partial charge in [0.05, 0.1) is 35.1 Å². The second kappa shape index (κ2) is 8.64. The quantitative estimate of drug-likeness (QED) is 0.340. The number of fused-ring (bicyclic) bond motifs is 1. The van der Waals surface area contributed by atoms with Crippen LogP contribution in [0, 0.1) is 0 Å². The van der Waals surface area contributed by atoms with Crippen molar-refractivity contribution in [2.45, 2.75) is 6.18 Å². The van der Waals surface area contributed by atoms with Crippen molar-refractivity contribution < 1.29 is 22.7 Å². The van der Waals surface area contributed by atoms with E-state index in [0.717, 1.165) is 23.4 Å². The molecule has 3 aromatic carbocycles. The average molecular weight is 477 g/mol. The van der Waals surface area contributed by atoms with Crippen LogP contribution in [-0.4, -0.2) is 32.8 Å². The maximum absolute atomic E-state index is 13.3. The number of carbonyl (C=O) groups is 1. The second-order valence-electron chi connectivity index (χ2n) is 7.72. The Labute approximate surface area is 197 Å². The number of aromatic nitrogens is 4. The molecule has 176 valence electrons. The maximum atomic E-state index is 13.3. The molecule has 0 atom stereocenters. The Morgan fingerprint density at radius 2 is 1.83 bits per heavy atom. The number of hydrogen-bond acceptors (Lipinski definition) is 4. The van der Waals surface area contributed by atoms with Crippen molar-refractivity contribution in [2.75, 3.05) is 12.4 Å². The summed E-state index contributed by atoms with van der Waals surface area (Å²) in [5, 5.41) is 9.75. The van der Waals surface area contributed by atoms with Gasteiger partial charge in [-0.1, -0.05) is 30.3 Å². The molecule has 0 fully saturated rings. The summed E-state index contributed by atoms with van der Waals surface area (Å²) >= 11 is 0. The summed E-state index contributed by atoms with van der Waals surface area (Å²) < 4.78 is 46.5. The van der Waals surface area contributed by atoms with Crippen LogP contribution in [0.2, 0.25) is 0 Å². The number of aromatic amines is 1. The van der Waals surface area contributed by atoms with E-state index in [1.54, 1.807) is 24.3 Å². The van der Waals surface area contributed by atoms with E-state index in [1.165, 1.54) is 24.1 Å². The van der Waals surface area contributed by atoms with Gasteiger partial charge in [0.15, 0.2) is 5.82 Å². The average Bonchev–Trinajstić information content (AvgIpc) is 3.50. The van der Waals surface area contributed by atoms with Crippen LogP contribution >= 0.6 is 0 Å². The molecule has 7 nitrogen and oxygen atoms in total. The van der Waals surface area contributed by atoms with Gasteiger partial charge in [-0.25, -0.2) is 4.98 Å². The van der Waals surface area contributed by atoms with E-state index >= 15 is 0 Å². The first kappa shape index (κ1) is 22.2. The topological polar surface area (TPSA) is 84.8 Å². The molecule has 0 aliphatic rings. The van der Waals surface area contributed by atoms with Gasteiger partial charge in [-0.3, -0.25) is 14.5 Å². The summed E-state index contributed by atoms with van der Waals surface area (Å²) in [4.78, 5) is 17.1. The number of H-pyrrole nitrogens is 1. The van der Waals surface area contributed by atoms with E-state index in [4.69, 9.17) is 4.74 Å². The highest BCUT2D eigenvalue weighted by atomic mass is 19.4. The molecule has 2 N–H and O–H groups in total. The van der Waals surface area contributed by atoms with Crippen LogP contribution in [0.1, 0.15) is 15.9 Å².